The van der Waals surface area contributed by atoms with E-state index in [0.717, 1.165) is 25.5 Å². The zero-order valence-corrected chi connectivity index (χ0v) is 12.9. The van der Waals surface area contributed by atoms with Crippen LogP contribution in [0.15, 0.2) is 18.2 Å². The maximum Gasteiger partial charge on any atom is 0.317 e. The first-order chi connectivity index (χ1) is 11.1. The van der Waals surface area contributed by atoms with Gasteiger partial charge in [0.15, 0.2) is 0 Å². The number of halogens is 2. The molecule has 0 saturated carbocycles. The zero-order chi connectivity index (χ0) is 16.2. The number of carbonyl (C=O) groups excluding carboxylic acids is 1. The minimum absolute atomic E-state index is 0.111. The third-order valence-corrected chi connectivity index (χ3v) is 4.32. The Morgan fingerprint density at radius 1 is 1.26 bits per heavy atom. The molecule has 7 heteroatoms. The van der Waals surface area contributed by atoms with Crippen molar-refractivity contribution in [3.8, 4) is 0 Å². The van der Waals surface area contributed by atoms with E-state index < -0.39 is 11.6 Å². The molecule has 23 heavy (non-hydrogen) atoms. The van der Waals surface area contributed by atoms with Gasteiger partial charge in [-0.1, -0.05) is 0 Å². The second-order valence-corrected chi connectivity index (χ2v) is 5.89. The first-order valence-electron chi connectivity index (χ1n) is 7.98. The van der Waals surface area contributed by atoms with Gasteiger partial charge in [-0.2, -0.15) is 0 Å². The van der Waals surface area contributed by atoms with Crippen LogP contribution in [0.3, 0.4) is 0 Å². The van der Waals surface area contributed by atoms with Crippen molar-refractivity contribution in [2.45, 2.75) is 18.9 Å². The topological polar surface area (TPSA) is 44.8 Å². The fourth-order valence-electron chi connectivity index (χ4n) is 3.01. The number of nitrogens with one attached hydrogen (secondary N) is 1. The summed E-state index contributed by atoms with van der Waals surface area (Å²) >= 11 is 0. The fourth-order valence-corrected chi connectivity index (χ4v) is 3.01. The van der Waals surface area contributed by atoms with Gasteiger partial charge in [-0.05, 0) is 25.0 Å². The Kier molecular flexibility index (Phi) is 4.95. The molecular weight excluding hydrogens is 304 g/mol. The van der Waals surface area contributed by atoms with E-state index in [2.05, 4.69) is 5.32 Å². The van der Waals surface area contributed by atoms with Gasteiger partial charge in [0.1, 0.15) is 11.6 Å². The number of hydrogen-bond acceptors (Lipinski definition) is 3. The maximum absolute atomic E-state index is 13.8. The molecule has 0 aliphatic carbocycles. The smallest absolute Gasteiger partial charge is 0.317 e. The fraction of sp³-hybridized carbons (Fsp3) is 0.562. The van der Waals surface area contributed by atoms with Crippen LogP contribution in [-0.2, 0) is 4.74 Å². The average molecular weight is 325 g/mol. The SMILES string of the molecule is O=C(NCC1CCCO1)N1CCN(c2ccc(F)cc2F)CC1. The minimum atomic E-state index is -0.585. The van der Waals surface area contributed by atoms with Crippen molar-refractivity contribution in [2.24, 2.45) is 0 Å². The highest BCUT2D eigenvalue weighted by atomic mass is 19.1. The third kappa shape index (κ3) is 3.90. The summed E-state index contributed by atoms with van der Waals surface area (Å²) in [7, 11) is 0. The van der Waals surface area contributed by atoms with E-state index in [1.807, 2.05) is 4.90 Å². The van der Waals surface area contributed by atoms with Crippen LogP contribution in [0.25, 0.3) is 0 Å². The molecule has 2 fully saturated rings. The number of benzene rings is 1. The summed E-state index contributed by atoms with van der Waals surface area (Å²) in [6, 6.07) is 3.46. The molecule has 5 nitrogen and oxygen atoms in total. The molecule has 2 saturated heterocycles. The van der Waals surface area contributed by atoms with Gasteiger partial charge in [-0.25, -0.2) is 13.6 Å². The van der Waals surface area contributed by atoms with Crippen LogP contribution in [0.1, 0.15) is 12.8 Å². The highest BCUT2D eigenvalue weighted by molar-refractivity contribution is 5.74. The van der Waals surface area contributed by atoms with Gasteiger partial charge < -0.3 is 19.9 Å². The predicted molar refractivity (Wildman–Crippen MR) is 82.5 cm³/mol. The van der Waals surface area contributed by atoms with Crippen molar-refractivity contribution in [1.82, 2.24) is 10.2 Å². The lowest BCUT2D eigenvalue weighted by Crippen LogP contribution is -2.52. The van der Waals surface area contributed by atoms with Gasteiger partial charge in [0.25, 0.3) is 0 Å². The van der Waals surface area contributed by atoms with Gasteiger partial charge >= 0.3 is 6.03 Å². The standard InChI is InChI=1S/C16H21F2N3O2/c17-12-3-4-15(14(18)10-12)20-5-7-21(8-6-20)16(22)19-11-13-2-1-9-23-13/h3-4,10,13H,1-2,5-9,11H2,(H,19,22). The van der Waals surface area contributed by atoms with Gasteiger partial charge in [0.2, 0.25) is 0 Å². The number of nitrogens with zero attached hydrogens (tertiary/aromatic N) is 2. The van der Waals surface area contributed by atoms with E-state index >= 15 is 0 Å². The summed E-state index contributed by atoms with van der Waals surface area (Å²) in [4.78, 5) is 15.7. The lowest BCUT2D eigenvalue weighted by molar-refractivity contribution is 0.108. The molecule has 2 aliphatic heterocycles. The van der Waals surface area contributed by atoms with E-state index in [1.165, 1.54) is 12.1 Å². The number of rotatable bonds is 3. The Bertz CT molecular complexity index is 556. The van der Waals surface area contributed by atoms with Crippen molar-refractivity contribution in [3.05, 3.63) is 29.8 Å². The number of urea groups is 1. The van der Waals surface area contributed by atoms with Crippen molar-refractivity contribution in [1.29, 1.82) is 0 Å². The molecule has 1 aromatic rings. The van der Waals surface area contributed by atoms with E-state index in [-0.39, 0.29) is 12.1 Å². The van der Waals surface area contributed by atoms with Crippen LogP contribution in [0.2, 0.25) is 0 Å². The molecule has 3 rings (SSSR count). The molecule has 2 heterocycles. The van der Waals surface area contributed by atoms with Gasteiger partial charge in [0.05, 0.1) is 11.8 Å². The normalized spacial score (nSPS) is 21.6. The summed E-state index contributed by atoms with van der Waals surface area (Å²) in [5.41, 5.74) is 0.380. The van der Waals surface area contributed by atoms with E-state index in [4.69, 9.17) is 4.74 Å². The molecule has 126 valence electrons. The number of carbonyl (C=O) groups is 1. The molecule has 1 N–H and O–H groups in total. The molecule has 1 unspecified atom stereocenters. The maximum atomic E-state index is 13.8. The van der Waals surface area contributed by atoms with Gasteiger partial charge in [-0.15, -0.1) is 0 Å². The van der Waals surface area contributed by atoms with E-state index in [9.17, 15) is 13.6 Å². The first kappa shape index (κ1) is 16.0. The first-order valence-corrected chi connectivity index (χ1v) is 7.98. The van der Waals surface area contributed by atoms with Crippen LogP contribution in [-0.4, -0.2) is 56.4 Å². The Labute approximate surface area is 134 Å². The Morgan fingerprint density at radius 3 is 2.70 bits per heavy atom. The monoisotopic (exact) mass is 325 g/mol. The van der Waals surface area contributed by atoms with Gasteiger partial charge in [0, 0.05) is 45.4 Å². The van der Waals surface area contributed by atoms with Gasteiger partial charge in [-0.3, -0.25) is 0 Å². The van der Waals surface area contributed by atoms with Crippen LogP contribution >= 0.6 is 0 Å². The molecular formula is C16H21F2N3O2. The molecule has 1 aromatic carbocycles. The summed E-state index contributed by atoms with van der Waals surface area (Å²) in [5, 5.41) is 2.89. The molecule has 2 aliphatic rings. The Morgan fingerprint density at radius 2 is 2.04 bits per heavy atom. The number of piperazine rings is 1. The molecule has 0 aromatic heterocycles. The zero-order valence-electron chi connectivity index (χ0n) is 12.9. The summed E-state index contributed by atoms with van der Waals surface area (Å²) in [5.74, 6) is -1.15. The van der Waals surface area contributed by atoms with Crippen LogP contribution in [0.4, 0.5) is 19.3 Å². The number of ether oxygens (including phenoxy) is 1. The largest absolute Gasteiger partial charge is 0.376 e. The quantitative estimate of drug-likeness (QED) is 0.924. The second-order valence-electron chi connectivity index (χ2n) is 5.89. The molecule has 0 radical (unpaired) electrons. The third-order valence-electron chi connectivity index (χ3n) is 4.32. The van der Waals surface area contributed by atoms with Crippen LogP contribution in [0.5, 0.6) is 0 Å². The number of hydrogen-bond donors (Lipinski definition) is 1. The number of amides is 2. The average Bonchev–Trinajstić information content (AvgIpc) is 3.06. The van der Waals surface area contributed by atoms with Crippen molar-refractivity contribution in [3.63, 3.8) is 0 Å². The van der Waals surface area contributed by atoms with Crippen LogP contribution < -0.4 is 10.2 Å². The second kappa shape index (κ2) is 7.12. The summed E-state index contributed by atoms with van der Waals surface area (Å²) in [6.45, 7) is 3.36. The number of anilines is 1. The van der Waals surface area contributed by atoms with Crippen molar-refractivity contribution >= 4 is 11.7 Å². The van der Waals surface area contributed by atoms with E-state index in [1.54, 1.807) is 4.90 Å². The molecule has 0 bridgehead atoms. The predicted octanol–water partition coefficient (Wildman–Crippen LogP) is 1.98. The van der Waals surface area contributed by atoms with Crippen molar-refractivity contribution in [2.75, 3.05) is 44.2 Å². The summed E-state index contributed by atoms with van der Waals surface area (Å²) in [6.07, 6.45) is 2.15. The van der Waals surface area contributed by atoms with E-state index in [0.29, 0.717) is 38.4 Å². The summed E-state index contributed by atoms with van der Waals surface area (Å²) < 4.78 is 32.2. The lowest BCUT2D eigenvalue weighted by Gasteiger charge is -2.36. The Balaban J connectivity index is 1.48. The van der Waals surface area contributed by atoms with Crippen LogP contribution in [0, 0.1) is 11.6 Å². The minimum Gasteiger partial charge on any atom is -0.376 e. The highest BCUT2D eigenvalue weighted by Crippen LogP contribution is 2.21. The highest BCUT2D eigenvalue weighted by Gasteiger charge is 2.24. The lowest BCUT2D eigenvalue weighted by atomic mass is 10.2. The van der Waals surface area contributed by atoms with Crippen molar-refractivity contribution < 1.29 is 18.3 Å². The molecule has 0 spiro atoms. The molecule has 1 atom stereocenters. The molecule has 2 amide bonds. The Hall–Kier alpha value is -1.89.